The summed E-state index contributed by atoms with van der Waals surface area (Å²) < 4.78 is 0. The smallest absolute Gasteiger partial charge is 0.102 e. The maximum atomic E-state index is 9.30. The van der Waals surface area contributed by atoms with Crippen LogP contribution < -0.4 is 5.32 Å². The molecule has 0 bridgehead atoms. The van der Waals surface area contributed by atoms with Gasteiger partial charge in [0.05, 0.1) is 11.3 Å². The van der Waals surface area contributed by atoms with Gasteiger partial charge in [-0.25, -0.2) is 0 Å². The normalized spacial score (nSPS) is 11.3. The maximum Gasteiger partial charge on any atom is 0.102 e. The van der Waals surface area contributed by atoms with Crippen LogP contribution in [-0.4, -0.2) is 11.8 Å². The Balaban J connectivity index is 2.98. The van der Waals surface area contributed by atoms with Crippen LogP contribution >= 0.6 is 11.8 Å². The van der Waals surface area contributed by atoms with Crippen molar-refractivity contribution < 1.29 is 0 Å². The molecule has 94 valence electrons. The fourth-order valence-electron chi connectivity index (χ4n) is 1.70. The Morgan fingerprint density at radius 3 is 2.78 bits per heavy atom. The first-order chi connectivity index (χ1) is 8.76. The minimum Gasteiger partial charge on any atom is -0.380 e. The van der Waals surface area contributed by atoms with Crippen molar-refractivity contribution in [3.8, 4) is 18.4 Å². The van der Waals surface area contributed by atoms with Crippen molar-refractivity contribution in [2.24, 2.45) is 0 Å². The average molecular weight is 258 g/mol. The molecular weight excluding hydrogens is 240 g/mol. The number of nitrogens with one attached hydrogen (secondary N) is 1. The lowest BCUT2D eigenvalue weighted by Gasteiger charge is -2.17. The lowest BCUT2D eigenvalue weighted by Crippen LogP contribution is -2.18. The SMILES string of the molecule is C#CCC(CC)Nc1cccc(SCC)c1C#N. The number of nitriles is 1. The fourth-order valence-corrected chi connectivity index (χ4v) is 2.49. The molecule has 0 aliphatic carbocycles. The third kappa shape index (κ3) is 3.72. The second-order valence-corrected chi connectivity index (χ2v) is 5.19. The molecular formula is C15H18N2S. The summed E-state index contributed by atoms with van der Waals surface area (Å²) in [5, 5.41) is 12.7. The van der Waals surface area contributed by atoms with Gasteiger partial charge in [0, 0.05) is 17.4 Å². The van der Waals surface area contributed by atoms with Crippen LogP contribution in [0, 0.1) is 23.7 Å². The summed E-state index contributed by atoms with van der Waals surface area (Å²) in [7, 11) is 0. The average Bonchev–Trinajstić information content (AvgIpc) is 2.39. The lowest BCUT2D eigenvalue weighted by molar-refractivity contribution is 0.715. The van der Waals surface area contributed by atoms with E-state index < -0.39 is 0 Å². The predicted molar refractivity (Wildman–Crippen MR) is 78.7 cm³/mol. The zero-order valence-electron chi connectivity index (χ0n) is 10.9. The summed E-state index contributed by atoms with van der Waals surface area (Å²) in [5.74, 6) is 3.62. The highest BCUT2D eigenvalue weighted by Gasteiger charge is 2.11. The summed E-state index contributed by atoms with van der Waals surface area (Å²) in [6, 6.07) is 8.42. The summed E-state index contributed by atoms with van der Waals surface area (Å²) >= 11 is 1.69. The maximum absolute atomic E-state index is 9.30. The van der Waals surface area contributed by atoms with Gasteiger partial charge in [0.1, 0.15) is 6.07 Å². The van der Waals surface area contributed by atoms with Gasteiger partial charge in [-0.05, 0) is 24.3 Å². The molecule has 1 rings (SSSR count). The molecule has 0 spiro atoms. The van der Waals surface area contributed by atoms with Gasteiger partial charge < -0.3 is 5.32 Å². The highest BCUT2D eigenvalue weighted by molar-refractivity contribution is 7.99. The van der Waals surface area contributed by atoms with Crippen molar-refractivity contribution in [2.75, 3.05) is 11.1 Å². The van der Waals surface area contributed by atoms with Crippen molar-refractivity contribution in [2.45, 2.75) is 37.6 Å². The van der Waals surface area contributed by atoms with Gasteiger partial charge in [-0.1, -0.05) is 19.9 Å². The Hall–Kier alpha value is -1.58. The molecule has 1 N–H and O–H groups in total. The number of benzene rings is 1. The first-order valence-electron chi connectivity index (χ1n) is 6.12. The van der Waals surface area contributed by atoms with Crippen molar-refractivity contribution in [1.82, 2.24) is 0 Å². The standard InChI is InChI=1S/C15H18N2S/c1-4-8-12(5-2)17-14-9-7-10-15(18-6-3)13(14)11-16/h1,7,9-10,12,17H,5-6,8H2,2-3H3. The number of nitrogens with zero attached hydrogens (tertiary/aromatic N) is 1. The molecule has 1 unspecified atom stereocenters. The Morgan fingerprint density at radius 1 is 1.44 bits per heavy atom. The topological polar surface area (TPSA) is 35.8 Å². The van der Waals surface area contributed by atoms with E-state index >= 15 is 0 Å². The van der Waals surface area contributed by atoms with Gasteiger partial charge in [-0.3, -0.25) is 0 Å². The Bertz CT molecular complexity index is 468. The predicted octanol–water partition coefficient (Wildman–Crippen LogP) is 3.88. The largest absolute Gasteiger partial charge is 0.380 e. The van der Waals surface area contributed by atoms with Gasteiger partial charge in [0.25, 0.3) is 0 Å². The lowest BCUT2D eigenvalue weighted by atomic mass is 10.1. The van der Waals surface area contributed by atoms with Crippen molar-refractivity contribution in [3.63, 3.8) is 0 Å². The first-order valence-corrected chi connectivity index (χ1v) is 7.11. The van der Waals surface area contributed by atoms with E-state index in [0.29, 0.717) is 6.42 Å². The highest BCUT2D eigenvalue weighted by Crippen LogP contribution is 2.28. The molecule has 1 atom stereocenters. The molecule has 1 aromatic rings. The van der Waals surface area contributed by atoms with Crippen molar-refractivity contribution in [3.05, 3.63) is 23.8 Å². The van der Waals surface area contributed by atoms with E-state index in [2.05, 4.69) is 31.2 Å². The zero-order valence-corrected chi connectivity index (χ0v) is 11.7. The van der Waals surface area contributed by atoms with E-state index in [9.17, 15) is 5.26 Å². The second-order valence-electron chi connectivity index (χ2n) is 3.88. The Kier molecular flexibility index (Phi) is 6.19. The summed E-state index contributed by atoms with van der Waals surface area (Å²) in [6.45, 7) is 4.17. The third-order valence-corrected chi connectivity index (χ3v) is 3.59. The van der Waals surface area contributed by atoms with Crippen molar-refractivity contribution in [1.29, 1.82) is 5.26 Å². The van der Waals surface area contributed by atoms with Crippen LogP contribution in [0.4, 0.5) is 5.69 Å². The number of hydrogen-bond acceptors (Lipinski definition) is 3. The second kappa shape index (κ2) is 7.69. The van der Waals surface area contributed by atoms with E-state index in [-0.39, 0.29) is 6.04 Å². The monoisotopic (exact) mass is 258 g/mol. The van der Waals surface area contributed by atoms with E-state index in [1.54, 1.807) is 11.8 Å². The Morgan fingerprint density at radius 2 is 2.22 bits per heavy atom. The Labute approximate surface area is 114 Å². The van der Waals surface area contributed by atoms with E-state index in [1.165, 1.54) is 0 Å². The van der Waals surface area contributed by atoms with Crippen LogP contribution in [0.3, 0.4) is 0 Å². The molecule has 0 aliphatic heterocycles. The molecule has 2 nitrogen and oxygen atoms in total. The van der Waals surface area contributed by atoms with E-state index in [0.717, 1.165) is 28.3 Å². The van der Waals surface area contributed by atoms with Gasteiger partial charge in [0.15, 0.2) is 0 Å². The van der Waals surface area contributed by atoms with Gasteiger partial charge in [0.2, 0.25) is 0 Å². The number of hydrogen-bond donors (Lipinski definition) is 1. The van der Waals surface area contributed by atoms with Crippen molar-refractivity contribution >= 4 is 17.4 Å². The molecule has 0 heterocycles. The van der Waals surface area contributed by atoms with E-state index in [4.69, 9.17) is 6.42 Å². The summed E-state index contributed by atoms with van der Waals surface area (Å²) in [5.41, 5.74) is 1.61. The molecule has 0 amide bonds. The van der Waals surface area contributed by atoms with Crippen LogP contribution in [0.25, 0.3) is 0 Å². The highest BCUT2D eigenvalue weighted by atomic mass is 32.2. The number of thioether (sulfide) groups is 1. The minimum atomic E-state index is 0.226. The molecule has 0 aliphatic rings. The van der Waals surface area contributed by atoms with Gasteiger partial charge >= 0.3 is 0 Å². The molecule has 3 heteroatoms. The van der Waals surface area contributed by atoms with Crippen LogP contribution in [0.15, 0.2) is 23.1 Å². The molecule has 0 saturated carbocycles. The number of anilines is 1. The minimum absolute atomic E-state index is 0.226. The summed E-state index contributed by atoms with van der Waals surface area (Å²) in [6.07, 6.45) is 6.97. The summed E-state index contributed by atoms with van der Waals surface area (Å²) in [4.78, 5) is 1.03. The fraction of sp³-hybridized carbons (Fsp3) is 0.400. The molecule has 0 fully saturated rings. The number of terminal acetylenes is 1. The van der Waals surface area contributed by atoms with Crippen LogP contribution in [0.1, 0.15) is 32.3 Å². The molecule has 18 heavy (non-hydrogen) atoms. The third-order valence-electron chi connectivity index (χ3n) is 2.65. The molecule has 0 radical (unpaired) electrons. The zero-order chi connectivity index (χ0) is 13.4. The van der Waals surface area contributed by atoms with Crippen LogP contribution in [-0.2, 0) is 0 Å². The van der Waals surface area contributed by atoms with Gasteiger partial charge in [-0.2, -0.15) is 5.26 Å². The molecule has 0 saturated heterocycles. The molecule has 1 aromatic carbocycles. The van der Waals surface area contributed by atoms with Gasteiger partial charge in [-0.15, -0.1) is 24.1 Å². The van der Waals surface area contributed by atoms with Crippen LogP contribution in [0.5, 0.6) is 0 Å². The first kappa shape index (κ1) is 14.5. The molecule has 0 aromatic heterocycles. The van der Waals surface area contributed by atoms with E-state index in [1.807, 2.05) is 18.2 Å². The number of rotatable bonds is 6. The quantitative estimate of drug-likeness (QED) is 0.621. The van der Waals surface area contributed by atoms with Crippen LogP contribution in [0.2, 0.25) is 0 Å².